The van der Waals surface area contributed by atoms with Crippen LogP contribution in [0, 0.1) is 0 Å². The number of aliphatic hydroxyl groups excluding tert-OH is 1. The van der Waals surface area contributed by atoms with E-state index in [0.29, 0.717) is 6.54 Å². The topological polar surface area (TPSA) is 50.9 Å². The molecule has 1 atom stereocenters. The van der Waals surface area contributed by atoms with Crippen molar-refractivity contribution in [2.45, 2.75) is 19.6 Å². The van der Waals surface area contributed by atoms with Crippen molar-refractivity contribution < 1.29 is 5.11 Å². The Labute approximate surface area is 88.2 Å². The lowest BCUT2D eigenvalue weighted by molar-refractivity contribution is 0.189. The standard InChI is InChI=1S/C11H13N3O/c1-9(15)10-4-2-7-14(10)8-11-12-5-3-6-13-11/h2-7,9,15H,8H2,1H3. The van der Waals surface area contributed by atoms with E-state index in [9.17, 15) is 5.11 Å². The van der Waals surface area contributed by atoms with Crippen LogP contribution in [-0.2, 0) is 6.54 Å². The van der Waals surface area contributed by atoms with Gasteiger partial charge in [-0.3, -0.25) is 0 Å². The molecule has 0 amide bonds. The minimum atomic E-state index is -0.469. The van der Waals surface area contributed by atoms with Gasteiger partial charge >= 0.3 is 0 Å². The third-order valence-corrected chi connectivity index (χ3v) is 2.22. The molecule has 15 heavy (non-hydrogen) atoms. The third-order valence-electron chi connectivity index (χ3n) is 2.22. The molecule has 4 heteroatoms. The van der Waals surface area contributed by atoms with Gasteiger partial charge in [-0.2, -0.15) is 0 Å². The summed E-state index contributed by atoms with van der Waals surface area (Å²) in [5, 5.41) is 9.51. The Morgan fingerprint density at radius 1 is 1.33 bits per heavy atom. The second-order valence-corrected chi connectivity index (χ2v) is 3.40. The van der Waals surface area contributed by atoms with E-state index < -0.39 is 6.10 Å². The lowest BCUT2D eigenvalue weighted by atomic mass is 10.3. The van der Waals surface area contributed by atoms with Gasteiger partial charge < -0.3 is 9.67 Å². The van der Waals surface area contributed by atoms with E-state index in [2.05, 4.69) is 9.97 Å². The summed E-state index contributed by atoms with van der Waals surface area (Å²) in [5.74, 6) is 0.746. The molecule has 0 saturated carbocycles. The summed E-state index contributed by atoms with van der Waals surface area (Å²) in [4.78, 5) is 8.28. The highest BCUT2D eigenvalue weighted by Gasteiger charge is 2.07. The Morgan fingerprint density at radius 2 is 2.07 bits per heavy atom. The number of hydrogen-bond acceptors (Lipinski definition) is 3. The molecule has 1 N–H and O–H groups in total. The lowest BCUT2D eigenvalue weighted by Gasteiger charge is -2.09. The van der Waals surface area contributed by atoms with E-state index >= 15 is 0 Å². The second kappa shape index (κ2) is 4.23. The molecule has 0 aliphatic rings. The van der Waals surface area contributed by atoms with Gasteiger partial charge in [-0.25, -0.2) is 9.97 Å². The van der Waals surface area contributed by atoms with E-state index in [1.54, 1.807) is 25.4 Å². The predicted molar refractivity (Wildman–Crippen MR) is 56.2 cm³/mol. The van der Waals surface area contributed by atoms with Crippen LogP contribution in [0.15, 0.2) is 36.8 Å². The Balaban J connectivity index is 2.21. The van der Waals surface area contributed by atoms with Crippen molar-refractivity contribution in [3.63, 3.8) is 0 Å². The summed E-state index contributed by atoms with van der Waals surface area (Å²) in [6.07, 6.45) is 4.88. The first-order chi connectivity index (χ1) is 7.27. The normalized spacial score (nSPS) is 12.7. The van der Waals surface area contributed by atoms with Crippen molar-refractivity contribution in [1.82, 2.24) is 14.5 Å². The van der Waals surface area contributed by atoms with Crippen LogP contribution < -0.4 is 0 Å². The van der Waals surface area contributed by atoms with Crippen molar-refractivity contribution in [2.24, 2.45) is 0 Å². The minimum absolute atomic E-state index is 0.469. The Bertz CT molecular complexity index is 422. The molecule has 2 aromatic heterocycles. The fraction of sp³-hybridized carbons (Fsp3) is 0.273. The van der Waals surface area contributed by atoms with E-state index in [1.807, 2.05) is 22.9 Å². The highest BCUT2D eigenvalue weighted by molar-refractivity contribution is 5.11. The maximum Gasteiger partial charge on any atom is 0.147 e. The van der Waals surface area contributed by atoms with E-state index in [0.717, 1.165) is 11.5 Å². The zero-order chi connectivity index (χ0) is 10.7. The summed E-state index contributed by atoms with van der Waals surface area (Å²) < 4.78 is 1.94. The van der Waals surface area contributed by atoms with Crippen molar-refractivity contribution in [2.75, 3.05) is 0 Å². The smallest absolute Gasteiger partial charge is 0.147 e. The average Bonchev–Trinajstić information content (AvgIpc) is 2.67. The van der Waals surface area contributed by atoms with Gasteiger partial charge in [-0.15, -0.1) is 0 Å². The molecule has 1 unspecified atom stereocenters. The Morgan fingerprint density at radius 3 is 2.73 bits per heavy atom. The predicted octanol–water partition coefficient (Wildman–Crippen LogP) is 1.38. The molecule has 0 spiro atoms. The van der Waals surface area contributed by atoms with E-state index in [4.69, 9.17) is 0 Å². The first kappa shape index (κ1) is 9.86. The number of aliphatic hydroxyl groups is 1. The molecule has 78 valence electrons. The van der Waals surface area contributed by atoms with Gasteiger partial charge in [0.1, 0.15) is 5.82 Å². The summed E-state index contributed by atoms with van der Waals surface area (Å²) in [6.45, 7) is 2.34. The maximum atomic E-state index is 9.51. The molecule has 2 heterocycles. The first-order valence-corrected chi connectivity index (χ1v) is 4.86. The zero-order valence-corrected chi connectivity index (χ0v) is 8.54. The maximum absolute atomic E-state index is 9.51. The van der Waals surface area contributed by atoms with E-state index in [1.165, 1.54) is 0 Å². The van der Waals surface area contributed by atoms with Gasteiger partial charge in [0, 0.05) is 24.3 Å². The van der Waals surface area contributed by atoms with Crippen molar-refractivity contribution in [1.29, 1.82) is 0 Å². The molecule has 2 rings (SSSR count). The molecule has 0 radical (unpaired) electrons. The number of nitrogens with zero attached hydrogens (tertiary/aromatic N) is 3. The average molecular weight is 203 g/mol. The lowest BCUT2D eigenvalue weighted by Crippen LogP contribution is -2.08. The van der Waals surface area contributed by atoms with Crippen LogP contribution in [-0.4, -0.2) is 19.6 Å². The molecule has 0 saturated heterocycles. The molecule has 2 aromatic rings. The van der Waals surface area contributed by atoms with Gasteiger partial charge in [-0.1, -0.05) is 0 Å². The molecule has 0 fully saturated rings. The fourth-order valence-corrected chi connectivity index (χ4v) is 1.51. The number of rotatable bonds is 3. The van der Waals surface area contributed by atoms with Gasteiger partial charge in [0.05, 0.1) is 12.6 Å². The molecule has 0 aliphatic carbocycles. The summed E-state index contributed by atoms with van der Waals surface area (Å²) >= 11 is 0. The van der Waals surface area contributed by atoms with Gasteiger partial charge in [0.25, 0.3) is 0 Å². The number of aromatic nitrogens is 3. The van der Waals surface area contributed by atoms with Crippen molar-refractivity contribution in [3.05, 3.63) is 48.3 Å². The number of hydrogen-bond donors (Lipinski definition) is 1. The van der Waals surface area contributed by atoms with Crippen LogP contribution in [0.2, 0.25) is 0 Å². The van der Waals surface area contributed by atoms with Crippen LogP contribution in [0.5, 0.6) is 0 Å². The molecule has 0 aliphatic heterocycles. The molecule has 4 nitrogen and oxygen atoms in total. The Kier molecular flexibility index (Phi) is 2.78. The second-order valence-electron chi connectivity index (χ2n) is 3.40. The molecule has 0 aromatic carbocycles. The van der Waals surface area contributed by atoms with Crippen molar-refractivity contribution >= 4 is 0 Å². The molecular formula is C11H13N3O. The van der Waals surface area contributed by atoms with Gasteiger partial charge in [0.2, 0.25) is 0 Å². The highest BCUT2D eigenvalue weighted by atomic mass is 16.3. The zero-order valence-electron chi connectivity index (χ0n) is 8.54. The van der Waals surface area contributed by atoms with E-state index in [-0.39, 0.29) is 0 Å². The SMILES string of the molecule is CC(O)c1cccn1Cc1ncccn1. The van der Waals surface area contributed by atoms with Crippen LogP contribution in [0.4, 0.5) is 0 Å². The van der Waals surface area contributed by atoms with Crippen LogP contribution >= 0.6 is 0 Å². The largest absolute Gasteiger partial charge is 0.387 e. The highest BCUT2D eigenvalue weighted by Crippen LogP contribution is 2.13. The minimum Gasteiger partial charge on any atom is -0.387 e. The fourth-order valence-electron chi connectivity index (χ4n) is 1.51. The summed E-state index contributed by atoms with van der Waals surface area (Å²) in [6, 6.07) is 5.59. The van der Waals surface area contributed by atoms with Crippen molar-refractivity contribution in [3.8, 4) is 0 Å². The summed E-state index contributed by atoms with van der Waals surface area (Å²) in [7, 11) is 0. The monoisotopic (exact) mass is 203 g/mol. The van der Waals surface area contributed by atoms with Gasteiger partial charge in [0.15, 0.2) is 0 Å². The van der Waals surface area contributed by atoms with Crippen LogP contribution in [0.25, 0.3) is 0 Å². The first-order valence-electron chi connectivity index (χ1n) is 4.86. The quantitative estimate of drug-likeness (QED) is 0.819. The van der Waals surface area contributed by atoms with Crippen LogP contribution in [0.3, 0.4) is 0 Å². The molecule has 0 bridgehead atoms. The molecular weight excluding hydrogens is 190 g/mol. The van der Waals surface area contributed by atoms with Crippen LogP contribution in [0.1, 0.15) is 24.5 Å². The third kappa shape index (κ3) is 2.22. The van der Waals surface area contributed by atoms with Gasteiger partial charge in [-0.05, 0) is 25.1 Å². The Hall–Kier alpha value is -1.68. The summed E-state index contributed by atoms with van der Waals surface area (Å²) in [5.41, 5.74) is 0.877.